The number of rotatable bonds is 4. The van der Waals surface area contributed by atoms with Crippen molar-refractivity contribution in [2.75, 3.05) is 6.54 Å². The monoisotopic (exact) mass is 217 g/mol. The molecule has 0 fully saturated rings. The van der Waals surface area contributed by atoms with Gasteiger partial charge < -0.3 is 5.73 Å². The molecule has 1 nitrogen and oxygen atoms in total. The lowest BCUT2D eigenvalue weighted by molar-refractivity contribution is 0.158. The van der Waals surface area contributed by atoms with Crippen molar-refractivity contribution in [2.24, 2.45) is 5.73 Å². The first-order valence-electron chi connectivity index (χ1n) is 4.87. The van der Waals surface area contributed by atoms with Crippen molar-refractivity contribution in [3.63, 3.8) is 0 Å². The number of hydrogen-bond acceptors (Lipinski definition) is 1. The second-order valence-corrected chi connectivity index (χ2v) is 3.58. The van der Waals surface area contributed by atoms with E-state index in [0.29, 0.717) is 12.5 Å². The summed E-state index contributed by atoms with van der Waals surface area (Å²) in [6.45, 7) is 1.52. The molecule has 0 saturated carbocycles. The maximum Gasteiger partial charge on any atom is 0.148 e. The highest BCUT2D eigenvalue weighted by atomic mass is 19.1. The van der Waals surface area contributed by atoms with Crippen molar-refractivity contribution in [2.45, 2.75) is 25.4 Å². The van der Waals surface area contributed by atoms with Gasteiger partial charge in [0.2, 0.25) is 0 Å². The average molecular weight is 217 g/mol. The summed E-state index contributed by atoms with van der Waals surface area (Å²) in [5.74, 6) is -1.56. The fourth-order valence-electron chi connectivity index (χ4n) is 1.57. The molecule has 0 saturated heterocycles. The molecule has 0 aromatic heterocycles. The van der Waals surface area contributed by atoms with Crippen LogP contribution in [-0.4, -0.2) is 6.54 Å². The molecule has 0 aliphatic heterocycles. The fourth-order valence-corrected chi connectivity index (χ4v) is 1.57. The van der Waals surface area contributed by atoms with Crippen LogP contribution in [0.25, 0.3) is 0 Å². The predicted octanol–water partition coefficient (Wildman–Crippen LogP) is 2.89. The van der Waals surface area contributed by atoms with E-state index in [0.717, 1.165) is 12.1 Å². The van der Waals surface area contributed by atoms with E-state index in [1.54, 1.807) is 6.92 Å². The topological polar surface area (TPSA) is 26.0 Å². The van der Waals surface area contributed by atoms with Crippen LogP contribution >= 0.6 is 0 Å². The number of alkyl halides is 1. The molecular weight excluding hydrogens is 203 g/mol. The van der Waals surface area contributed by atoms with Gasteiger partial charge in [-0.15, -0.1) is 0 Å². The molecule has 0 heterocycles. The molecule has 15 heavy (non-hydrogen) atoms. The van der Waals surface area contributed by atoms with Gasteiger partial charge in [0.15, 0.2) is 0 Å². The Morgan fingerprint density at radius 2 is 1.73 bits per heavy atom. The van der Waals surface area contributed by atoms with Gasteiger partial charge in [-0.3, -0.25) is 0 Å². The predicted molar refractivity (Wildman–Crippen MR) is 53.1 cm³/mol. The van der Waals surface area contributed by atoms with E-state index >= 15 is 0 Å². The number of halogens is 3. The molecule has 0 bridgehead atoms. The van der Waals surface area contributed by atoms with Gasteiger partial charge in [0.25, 0.3) is 0 Å². The molecule has 84 valence electrons. The van der Waals surface area contributed by atoms with Crippen LogP contribution in [0.1, 0.15) is 25.3 Å². The van der Waals surface area contributed by atoms with Crippen molar-refractivity contribution >= 4 is 0 Å². The fraction of sp³-hybridized carbons (Fsp3) is 0.455. The second-order valence-electron chi connectivity index (χ2n) is 3.58. The van der Waals surface area contributed by atoms with Crippen LogP contribution < -0.4 is 5.73 Å². The van der Waals surface area contributed by atoms with Crippen molar-refractivity contribution in [1.29, 1.82) is 0 Å². The van der Waals surface area contributed by atoms with Crippen molar-refractivity contribution in [3.05, 3.63) is 35.4 Å². The lowest BCUT2D eigenvalue weighted by atomic mass is 9.91. The van der Waals surface area contributed by atoms with Crippen LogP contribution in [0.2, 0.25) is 0 Å². The molecule has 1 unspecified atom stereocenters. The van der Waals surface area contributed by atoms with Crippen molar-refractivity contribution < 1.29 is 13.2 Å². The third-order valence-corrected chi connectivity index (χ3v) is 2.35. The molecule has 0 aliphatic carbocycles. The molecule has 2 N–H and O–H groups in total. The summed E-state index contributed by atoms with van der Waals surface area (Å²) < 4.78 is 39.9. The van der Waals surface area contributed by atoms with Gasteiger partial charge in [-0.05, 0) is 24.1 Å². The van der Waals surface area contributed by atoms with E-state index in [1.807, 2.05) is 0 Å². The summed E-state index contributed by atoms with van der Waals surface area (Å²) in [6, 6.07) is 2.70. The first-order valence-corrected chi connectivity index (χ1v) is 4.87. The lowest BCUT2D eigenvalue weighted by Crippen LogP contribution is -2.30. The molecule has 4 heteroatoms. The third-order valence-electron chi connectivity index (χ3n) is 2.35. The summed E-state index contributed by atoms with van der Waals surface area (Å²) in [6.07, 6.45) is 0.720. The highest BCUT2D eigenvalue weighted by Crippen LogP contribution is 2.31. The van der Waals surface area contributed by atoms with Gasteiger partial charge in [-0.2, -0.15) is 0 Å². The SMILES string of the molecule is CCCC(F)(CN)c1cc(F)cc(F)c1. The Kier molecular flexibility index (Phi) is 3.74. The molecule has 0 spiro atoms. The number of nitrogens with two attached hydrogens (primary N) is 1. The summed E-state index contributed by atoms with van der Waals surface area (Å²) in [7, 11) is 0. The van der Waals surface area contributed by atoms with Crippen molar-refractivity contribution in [1.82, 2.24) is 0 Å². The maximum absolute atomic E-state index is 14.2. The van der Waals surface area contributed by atoms with E-state index in [4.69, 9.17) is 5.73 Å². The Morgan fingerprint density at radius 1 is 1.20 bits per heavy atom. The van der Waals surface area contributed by atoms with Gasteiger partial charge in [0.1, 0.15) is 17.3 Å². The molecule has 1 atom stereocenters. The Hall–Kier alpha value is -1.03. The smallest absolute Gasteiger partial charge is 0.148 e. The van der Waals surface area contributed by atoms with Gasteiger partial charge in [0.05, 0.1) is 0 Å². The van der Waals surface area contributed by atoms with Crippen LogP contribution in [-0.2, 0) is 5.67 Å². The first-order chi connectivity index (χ1) is 7.01. The van der Waals surface area contributed by atoms with Gasteiger partial charge in [0, 0.05) is 12.6 Å². The third kappa shape index (κ3) is 2.72. The summed E-state index contributed by atoms with van der Waals surface area (Å²) in [4.78, 5) is 0. The molecule has 0 radical (unpaired) electrons. The molecule has 0 amide bonds. The zero-order chi connectivity index (χ0) is 11.5. The van der Waals surface area contributed by atoms with E-state index in [1.165, 1.54) is 0 Å². The highest BCUT2D eigenvalue weighted by molar-refractivity contribution is 5.25. The van der Waals surface area contributed by atoms with Gasteiger partial charge in [-0.25, -0.2) is 13.2 Å². The summed E-state index contributed by atoms with van der Waals surface area (Å²) >= 11 is 0. The standard InChI is InChI=1S/C11H14F3N/c1-2-3-11(14,7-15)8-4-9(12)6-10(13)5-8/h4-6H,2-3,7,15H2,1H3. The Morgan fingerprint density at radius 3 is 2.13 bits per heavy atom. The maximum atomic E-state index is 14.2. The van der Waals surface area contributed by atoms with Crippen molar-refractivity contribution in [3.8, 4) is 0 Å². The van der Waals surface area contributed by atoms with Crippen LogP contribution in [0.3, 0.4) is 0 Å². The van der Waals surface area contributed by atoms with Crippen LogP contribution in [0.15, 0.2) is 18.2 Å². The Bertz CT molecular complexity index is 320. The quantitative estimate of drug-likeness (QED) is 0.824. The number of benzene rings is 1. The lowest BCUT2D eigenvalue weighted by Gasteiger charge is -2.23. The molecular formula is C11H14F3N. The minimum atomic E-state index is -1.84. The minimum absolute atomic E-state index is 0.0237. The largest absolute Gasteiger partial charge is 0.327 e. The summed E-state index contributed by atoms with van der Waals surface area (Å²) in [5, 5.41) is 0. The van der Waals surface area contributed by atoms with Crippen LogP contribution in [0, 0.1) is 11.6 Å². The van der Waals surface area contributed by atoms with Crippen LogP contribution in [0.5, 0.6) is 0 Å². The normalized spacial score (nSPS) is 15.0. The van der Waals surface area contributed by atoms with Gasteiger partial charge >= 0.3 is 0 Å². The summed E-state index contributed by atoms with van der Waals surface area (Å²) in [5.41, 5.74) is 3.45. The van der Waals surface area contributed by atoms with Crippen LogP contribution in [0.4, 0.5) is 13.2 Å². The zero-order valence-corrected chi connectivity index (χ0v) is 8.56. The first kappa shape index (κ1) is 12.0. The minimum Gasteiger partial charge on any atom is -0.327 e. The molecule has 1 rings (SSSR count). The molecule has 0 aliphatic rings. The average Bonchev–Trinajstić information content (AvgIpc) is 2.16. The number of hydrogen-bond donors (Lipinski definition) is 1. The Labute approximate surface area is 87.1 Å². The molecule has 1 aromatic carbocycles. The van der Waals surface area contributed by atoms with E-state index in [-0.39, 0.29) is 18.5 Å². The zero-order valence-electron chi connectivity index (χ0n) is 8.56. The van der Waals surface area contributed by atoms with E-state index in [2.05, 4.69) is 0 Å². The van der Waals surface area contributed by atoms with E-state index in [9.17, 15) is 13.2 Å². The van der Waals surface area contributed by atoms with Gasteiger partial charge in [-0.1, -0.05) is 13.3 Å². The molecule has 1 aromatic rings. The Balaban J connectivity index is 3.11. The highest BCUT2D eigenvalue weighted by Gasteiger charge is 2.30. The second kappa shape index (κ2) is 4.66. The van der Waals surface area contributed by atoms with E-state index < -0.39 is 17.3 Å².